The molecule has 15 heavy (non-hydrogen) atoms. The van der Waals surface area contributed by atoms with Gasteiger partial charge >= 0.3 is 0 Å². The Morgan fingerprint density at radius 2 is 2.20 bits per heavy atom. The molecule has 2 heteroatoms. The molecular formula is C13H18OS. The molecule has 82 valence electrons. The maximum atomic E-state index is 11.3. The number of hydrogen-bond acceptors (Lipinski definition) is 2. The number of ketones is 1. The highest BCUT2D eigenvalue weighted by Gasteiger charge is 2.19. The Bertz CT molecular complexity index is 340. The zero-order valence-corrected chi connectivity index (χ0v) is 10.1. The molecule has 1 heterocycles. The van der Waals surface area contributed by atoms with Crippen LogP contribution in [0.3, 0.4) is 0 Å². The van der Waals surface area contributed by atoms with Gasteiger partial charge in [-0.3, -0.25) is 4.79 Å². The van der Waals surface area contributed by atoms with Crippen molar-refractivity contribution >= 4 is 17.1 Å². The molecule has 1 aromatic rings. The SMILES string of the molecule is CCc1ccc(CC2CCCC(=O)C2)s1. The fourth-order valence-electron chi connectivity index (χ4n) is 2.29. The van der Waals surface area contributed by atoms with E-state index in [0.29, 0.717) is 11.7 Å². The van der Waals surface area contributed by atoms with Crippen molar-refractivity contribution in [3.63, 3.8) is 0 Å². The van der Waals surface area contributed by atoms with Crippen LogP contribution in [0.5, 0.6) is 0 Å². The standard InChI is InChI=1S/C13H18OS/c1-2-12-6-7-13(15-12)9-10-4-3-5-11(14)8-10/h6-7,10H,2-5,8-9H2,1H3. The number of thiophene rings is 1. The lowest BCUT2D eigenvalue weighted by Crippen LogP contribution is -2.16. The van der Waals surface area contributed by atoms with Crippen LogP contribution in [0.1, 0.15) is 42.4 Å². The molecule has 0 radical (unpaired) electrons. The van der Waals surface area contributed by atoms with Crippen LogP contribution in [0, 0.1) is 5.92 Å². The minimum absolute atomic E-state index is 0.471. The molecule has 1 aliphatic rings. The molecule has 1 atom stereocenters. The van der Waals surface area contributed by atoms with Crippen molar-refractivity contribution in [3.05, 3.63) is 21.9 Å². The van der Waals surface area contributed by atoms with E-state index in [2.05, 4.69) is 19.1 Å². The van der Waals surface area contributed by atoms with Crippen molar-refractivity contribution in [3.8, 4) is 0 Å². The van der Waals surface area contributed by atoms with Crippen LogP contribution in [0.25, 0.3) is 0 Å². The molecule has 1 aliphatic carbocycles. The highest BCUT2D eigenvalue weighted by Crippen LogP contribution is 2.28. The second-order valence-corrected chi connectivity index (χ2v) is 5.68. The van der Waals surface area contributed by atoms with Crippen molar-refractivity contribution in [2.45, 2.75) is 45.4 Å². The van der Waals surface area contributed by atoms with Gasteiger partial charge in [0.25, 0.3) is 0 Å². The summed E-state index contributed by atoms with van der Waals surface area (Å²) in [5.41, 5.74) is 0. The van der Waals surface area contributed by atoms with Crippen molar-refractivity contribution in [1.82, 2.24) is 0 Å². The quantitative estimate of drug-likeness (QED) is 0.763. The van der Waals surface area contributed by atoms with Gasteiger partial charge in [0.05, 0.1) is 0 Å². The summed E-state index contributed by atoms with van der Waals surface area (Å²) in [4.78, 5) is 14.3. The Morgan fingerprint density at radius 3 is 2.87 bits per heavy atom. The van der Waals surface area contributed by atoms with E-state index in [4.69, 9.17) is 0 Å². The predicted octanol–water partition coefficient (Wildman–Crippen LogP) is 3.61. The van der Waals surface area contributed by atoms with Crippen LogP contribution in [0.15, 0.2) is 12.1 Å². The van der Waals surface area contributed by atoms with Gasteiger partial charge in [-0.25, -0.2) is 0 Å². The second-order valence-electron chi connectivity index (χ2n) is 4.43. The lowest BCUT2D eigenvalue weighted by Gasteiger charge is -2.19. The average Bonchev–Trinajstić information content (AvgIpc) is 2.65. The molecule has 1 fully saturated rings. The second kappa shape index (κ2) is 4.93. The van der Waals surface area contributed by atoms with Gasteiger partial charge in [0.15, 0.2) is 0 Å². The maximum Gasteiger partial charge on any atom is 0.133 e. The summed E-state index contributed by atoms with van der Waals surface area (Å²) >= 11 is 1.92. The van der Waals surface area contributed by atoms with E-state index < -0.39 is 0 Å². The Balaban J connectivity index is 1.93. The predicted molar refractivity (Wildman–Crippen MR) is 64.4 cm³/mol. The number of hydrogen-bond donors (Lipinski definition) is 0. The van der Waals surface area contributed by atoms with Crippen molar-refractivity contribution in [1.29, 1.82) is 0 Å². The summed E-state index contributed by atoms with van der Waals surface area (Å²) in [7, 11) is 0. The van der Waals surface area contributed by atoms with Gasteiger partial charge in [0.2, 0.25) is 0 Å². The molecule has 0 saturated heterocycles. The summed E-state index contributed by atoms with van der Waals surface area (Å²) in [6.07, 6.45) is 6.24. The average molecular weight is 222 g/mol. The summed E-state index contributed by atoms with van der Waals surface area (Å²) in [5.74, 6) is 1.09. The first-order chi connectivity index (χ1) is 7.28. The van der Waals surface area contributed by atoms with E-state index in [1.807, 2.05) is 11.3 Å². The minimum atomic E-state index is 0.471. The summed E-state index contributed by atoms with van der Waals surface area (Å²) in [5, 5.41) is 0. The summed E-state index contributed by atoms with van der Waals surface area (Å²) in [6.45, 7) is 2.19. The largest absolute Gasteiger partial charge is 0.300 e. The Hall–Kier alpha value is -0.630. The normalized spacial score (nSPS) is 21.9. The molecule has 0 N–H and O–H groups in total. The van der Waals surface area contributed by atoms with Crippen LogP contribution in [0.2, 0.25) is 0 Å². The van der Waals surface area contributed by atoms with E-state index in [1.54, 1.807) is 0 Å². The lowest BCUT2D eigenvalue weighted by atomic mass is 9.86. The van der Waals surface area contributed by atoms with E-state index in [1.165, 1.54) is 16.2 Å². The summed E-state index contributed by atoms with van der Waals surface area (Å²) in [6, 6.07) is 4.47. The molecule has 0 aromatic carbocycles. The minimum Gasteiger partial charge on any atom is -0.300 e. The van der Waals surface area contributed by atoms with E-state index in [0.717, 1.165) is 32.1 Å². The van der Waals surface area contributed by atoms with E-state index in [-0.39, 0.29) is 0 Å². The van der Waals surface area contributed by atoms with Gasteiger partial charge in [-0.15, -0.1) is 11.3 Å². The smallest absolute Gasteiger partial charge is 0.133 e. The van der Waals surface area contributed by atoms with Gasteiger partial charge in [-0.2, -0.15) is 0 Å². The first-order valence-corrected chi connectivity index (χ1v) is 6.69. The monoisotopic (exact) mass is 222 g/mol. The molecule has 0 aliphatic heterocycles. The van der Waals surface area contributed by atoms with Crippen LogP contribution < -0.4 is 0 Å². The molecule has 1 unspecified atom stereocenters. The Labute approximate surface area is 95.5 Å². The van der Waals surface area contributed by atoms with Crippen molar-refractivity contribution in [2.75, 3.05) is 0 Å². The molecule has 1 nitrogen and oxygen atoms in total. The van der Waals surface area contributed by atoms with E-state index >= 15 is 0 Å². The van der Waals surface area contributed by atoms with Gasteiger partial charge in [0.1, 0.15) is 5.78 Å². The van der Waals surface area contributed by atoms with E-state index in [9.17, 15) is 4.79 Å². The maximum absolute atomic E-state index is 11.3. The van der Waals surface area contributed by atoms with Crippen LogP contribution >= 0.6 is 11.3 Å². The molecule has 0 amide bonds. The first-order valence-electron chi connectivity index (χ1n) is 5.87. The third-order valence-corrected chi connectivity index (χ3v) is 4.39. The molecule has 1 aromatic heterocycles. The highest BCUT2D eigenvalue weighted by atomic mass is 32.1. The topological polar surface area (TPSA) is 17.1 Å². The fraction of sp³-hybridized carbons (Fsp3) is 0.615. The van der Waals surface area contributed by atoms with Gasteiger partial charge in [-0.05, 0) is 43.7 Å². The van der Waals surface area contributed by atoms with Gasteiger partial charge < -0.3 is 0 Å². The zero-order chi connectivity index (χ0) is 10.7. The molecule has 0 bridgehead atoms. The lowest BCUT2D eigenvalue weighted by molar-refractivity contribution is -0.121. The third-order valence-electron chi connectivity index (χ3n) is 3.14. The zero-order valence-electron chi connectivity index (χ0n) is 9.29. The van der Waals surface area contributed by atoms with Crippen LogP contribution in [0.4, 0.5) is 0 Å². The highest BCUT2D eigenvalue weighted by molar-refractivity contribution is 7.11. The Kier molecular flexibility index (Phi) is 3.57. The van der Waals surface area contributed by atoms with Gasteiger partial charge in [0, 0.05) is 22.6 Å². The fourth-order valence-corrected chi connectivity index (χ4v) is 3.37. The third kappa shape index (κ3) is 2.91. The van der Waals surface area contributed by atoms with Crippen LogP contribution in [-0.4, -0.2) is 5.78 Å². The number of rotatable bonds is 3. The van der Waals surface area contributed by atoms with Crippen LogP contribution in [-0.2, 0) is 17.6 Å². The number of Topliss-reactive ketones (excluding diaryl/α,β-unsaturated/α-hetero) is 1. The molecule has 1 saturated carbocycles. The number of aryl methyl sites for hydroxylation is 1. The first kappa shape index (κ1) is 10.9. The number of carbonyl (C=O) groups is 1. The summed E-state index contributed by atoms with van der Waals surface area (Å²) < 4.78 is 0. The molecular weight excluding hydrogens is 204 g/mol. The number of carbonyl (C=O) groups excluding carboxylic acids is 1. The molecule has 2 rings (SSSR count). The van der Waals surface area contributed by atoms with Gasteiger partial charge in [-0.1, -0.05) is 6.92 Å². The molecule has 0 spiro atoms. The van der Waals surface area contributed by atoms with Crippen molar-refractivity contribution < 1.29 is 4.79 Å². The Morgan fingerprint density at radius 1 is 1.40 bits per heavy atom. The van der Waals surface area contributed by atoms with Crippen molar-refractivity contribution in [2.24, 2.45) is 5.92 Å².